The molecule has 2 amide bonds. The number of piperazine rings is 1. The molecule has 1 saturated heterocycles. The molecule has 2 heterocycles. The molecule has 0 unspecified atom stereocenters. The minimum atomic E-state index is -0.199. The maximum absolute atomic E-state index is 13.1. The molecule has 38 heavy (non-hydrogen) atoms. The molecule has 0 aliphatic carbocycles. The Bertz CT molecular complexity index is 1470. The average molecular weight is 513 g/mol. The minimum Gasteiger partial charge on any atom is -0.493 e. The second kappa shape index (κ2) is 10.6. The van der Waals surface area contributed by atoms with Gasteiger partial charge in [-0.2, -0.15) is 4.98 Å². The van der Waals surface area contributed by atoms with Gasteiger partial charge >= 0.3 is 0 Å². The van der Waals surface area contributed by atoms with Gasteiger partial charge in [0, 0.05) is 54.4 Å². The highest BCUT2D eigenvalue weighted by molar-refractivity contribution is 6.04. The Morgan fingerprint density at radius 3 is 2.16 bits per heavy atom. The standard InChI is InChI=1S/C28H28N6O4/c1-37-23-16-21-22(17-24(23)38-2)31-28(32-25(21)29)34-14-12-33(13-15-34)27(36)19-8-10-20(11-9-19)30-26(35)18-6-4-3-5-7-18/h3-11,16-17H,12-15H2,1-2H3,(H,30,35)(H2,29,31,32). The lowest BCUT2D eigenvalue weighted by Gasteiger charge is -2.35. The summed E-state index contributed by atoms with van der Waals surface area (Å²) in [5, 5.41) is 3.53. The van der Waals surface area contributed by atoms with E-state index in [1.165, 1.54) is 0 Å². The predicted molar refractivity (Wildman–Crippen MR) is 146 cm³/mol. The number of aromatic nitrogens is 2. The van der Waals surface area contributed by atoms with E-state index < -0.39 is 0 Å². The molecule has 1 aromatic heterocycles. The predicted octanol–water partition coefficient (Wildman–Crippen LogP) is 3.44. The van der Waals surface area contributed by atoms with Gasteiger partial charge in [-0.1, -0.05) is 18.2 Å². The van der Waals surface area contributed by atoms with Crippen molar-refractivity contribution >= 4 is 40.2 Å². The number of rotatable bonds is 6. The van der Waals surface area contributed by atoms with Crippen LogP contribution >= 0.6 is 0 Å². The Morgan fingerprint density at radius 2 is 1.50 bits per heavy atom. The van der Waals surface area contributed by atoms with Gasteiger partial charge in [0.2, 0.25) is 5.95 Å². The number of fused-ring (bicyclic) bond motifs is 1. The molecule has 0 radical (unpaired) electrons. The van der Waals surface area contributed by atoms with Gasteiger partial charge in [-0.25, -0.2) is 4.98 Å². The van der Waals surface area contributed by atoms with E-state index in [-0.39, 0.29) is 11.8 Å². The molecule has 194 valence electrons. The number of nitrogens with zero attached hydrogens (tertiary/aromatic N) is 4. The van der Waals surface area contributed by atoms with Crippen molar-refractivity contribution in [1.82, 2.24) is 14.9 Å². The van der Waals surface area contributed by atoms with Gasteiger partial charge in [0.15, 0.2) is 11.5 Å². The molecule has 0 atom stereocenters. The molecule has 1 aliphatic rings. The van der Waals surface area contributed by atoms with Gasteiger partial charge in [-0.3, -0.25) is 9.59 Å². The Hall–Kier alpha value is -4.86. The third-order valence-corrected chi connectivity index (χ3v) is 6.49. The maximum Gasteiger partial charge on any atom is 0.255 e. The first-order valence-corrected chi connectivity index (χ1v) is 12.2. The third kappa shape index (κ3) is 5.01. The number of ether oxygens (including phenoxy) is 2. The van der Waals surface area contributed by atoms with E-state index in [1.807, 2.05) is 23.1 Å². The molecule has 10 nitrogen and oxygen atoms in total. The minimum absolute atomic E-state index is 0.0682. The van der Waals surface area contributed by atoms with E-state index in [4.69, 9.17) is 15.2 Å². The van der Waals surface area contributed by atoms with Crippen LogP contribution in [0.3, 0.4) is 0 Å². The number of carbonyl (C=O) groups excluding carboxylic acids is 2. The summed E-state index contributed by atoms with van der Waals surface area (Å²) in [6.45, 7) is 2.15. The van der Waals surface area contributed by atoms with Crippen molar-refractivity contribution in [3.63, 3.8) is 0 Å². The van der Waals surface area contributed by atoms with Crippen LogP contribution < -0.4 is 25.4 Å². The van der Waals surface area contributed by atoms with Gasteiger partial charge in [0.05, 0.1) is 19.7 Å². The number of benzene rings is 3. The molecule has 0 saturated carbocycles. The van der Waals surface area contributed by atoms with Crippen molar-refractivity contribution in [1.29, 1.82) is 0 Å². The lowest BCUT2D eigenvalue weighted by molar-refractivity contribution is 0.0746. The van der Waals surface area contributed by atoms with Crippen LogP contribution in [0.15, 0.2) is 66.7 Å². The van der Waals surface area contributed by atoms with Gasteiger partial charge in [0.1, 0.15) is 5.82 Å². The number of nitrogen functional groups attached to an aromatic ring is 1. The molecular formula is C28H28N6O4. The molecule has 10 heteroatoms. The van der Waals surface area contributed by atoms with Crippen LogP contribution in [0.5, 0.6) is 11.5 Å². The second-order valence-electron chi connectivity index (χ2n) is 8.81. The number of nitrogens with one attached hydrogen (secondary N) is 1. The average Bonchev–Trinajstić information content (AvgIpc) is 2.97. The highest BCUT2D eigenvalue weighted by Gasteiger charge is 2.24. The zero-order valence-electron chi connectivity index (χ0n) is 21.2. The third-order valence-electron chi connectivity index (χ3n) is 6.49. The molecular weight excluding hydrogens is 484 g/mol. The zero-order valence-corrected chi connectivity index (χ0v) is 21.2. The SMILES string of the molecule is COc1cc2nc(N3CCN(C(=O)c4ccc(NC(=O)c5ccccc5)cc4)CC3)nc(N)c2cc1OC. The van der Waals surface area contributed by atoms with Crippen LogP contribution in [0.4, 0.5) is 17.5 Å². The number of nitrogens with two attached hydrogens (primary N) is 1. The van der Waals surface area contributed by atoms with Crippen LogP contribution in [0.1, 0.15) is 20.7 Å². The first kappa shape index (κ1) is 24.8. The zero-order chi connectivity index (χ0) is 26.6. The topological polar surface area (TPSA) is 123 Å². The van der Waals surface area contributed by atoms with Crippen LogP contribution in [-0.4, -0.2) is 67.1 Å². The van der Waals surface area contributed by atoms with Crippen LogP contribution in [0.2, 0.25) is 0 Å². The highest BCUT2D eigenvalue weighted by atomic mass is 16.5. The summed E-state index contributed by atoms with van der Waals surface area (Å²) in [5.74, 6) is 1.71. The van der Waals surface area contributed by atoms with Crippen molar-refractivity contribution < 1.29 is 19.1 Å². The molecule has 0 bridgehead atoms. The maximum atomic E-state index is 13.1. The lowest BCUT2D eigenvalue weighted by Crippen LogP contribution is -2.49. The second-order valence-corrected chi connectivity index (χ2v) is 8.81. The summed E-state index contributed by atoms with van der Waals surface area (Å²) in [6.07, 6.45) is 0. The van der Waals surface area contributed by atoms with Gasteiger partial charge < -0.3 is 30.3 Å². The number of anilines is 3. The van der Waals surface area contributed by atoms with Gasteiger partial charge in [0.25, 0.3) is 11.8 Å². The molecule has 3 N–H and O–H groups in total. The number of hydrogen-bond donors (Lipinski definition) is 2. The van der Waals surface area contributed by atoms with E-state index >= 15 is 0 Å². The highest BCUT2D eigenvalue weighted by Crippen LogP contribution is 2.34. The van der Waals surface area contributed by atoms with Crippen LogP contribution in [0.25, 0.3) is 10.9 Å². The van der Waals surface area contributed by atoms with Gasteiger partial charge in [-0.15, -0.1) is 0 Å². The first-order chi connectivity index (χ1) is 18.5. The molecule has 1 fully saturated rings. The van der Waals surface area contributed by atoms with Crippen LogP contribution in [-0.2, 0) is 0 Å². The quantitative estimate of drug-likeness (QED) is 0.403. The summed E-state index contributed by atoms with van der Waals surface area (Å²) < 4.78 is 10.7. The molecule has 0 spiro atoms. The molecule has 3 aromatic carbocycles. The van der Waals surface area contributed by atoms with E-state index in [0.717, 1.165) is 0 Å². The number of amides is 2. The normalized spacial score (nSPS) is 13.3. The number of hydrogen-bond acceptors (Lipinski definition) is 8. The Balaban J connectivity index is 1.23. The van der Waals surface area contributed by atoms with E-state index in [2.05, 4.69) is 15.3 Å². The van der Waals surface area contributed by atoms with Gasteiger partial charge in [-0.05, 0) is 42.5 Å². The summed E-state index contributed by atoms with van der Waals surface area (Å²) in [4.78, 5) is 38.5. The number of methoxy groups -OCH3 is 2. The smallest absolute Gasteiger partial charge is 0.255 e. The van der Waals surface area contributed by atoms with Crippen molar-refractivity contribution in [2.45, 2.75) is 0 Å². The summed E-state index contributed by atoms with van der Waals surface area (Å²) >= 11 is 0. The molecule has 4 aromatic rings. The lowest BCUT2D eigenvalue weighted by atomic mass is 10.1. The summed E-state index contributed by atoms with van der Waals surface area (Å²) in [7, 11) is 3.13. The Labute approximate surface area is 220 Å². The molecule has 5 rings (SSSR count). The fourth-order valence-electron chi connectivity index (χ4n) is 4.39. The van der Waals surface area contributed by atoms with E-state index in [9.17, 15) is 9.59 Å². The largest absolute Gasteiger partial charge is 0.493 e. The fourth-order valence-corrected chi connectivity index (χ4v) is 4.39. The van der Waals surface area contributed by atoms with Crippen LogP contribution in [0, 0.1) is 0 Å². The summed E-state index contributed by atoms with van der Waals surface area (Å²) in [5.41, 5.74) is 8.65. The van der Waals surface area contributed by atoms with E-state index in [1.54, 1.807) is 67.7 Å². The van der Waals surface area contributed by atoms with Crippen molar-refractivity contribution in [2.75, 3.05) is 56.3 Å². The van der Waals surface area contributed by atoms with Crippen molar-refractivity contribution in [3.8, 4) is 11.5 Å². The van der Waals surface area contributed by atoms with Crippen molar-refractivity contribution in [3.05, 3.63) is 77.9 Å². The first-order valence-electron chi connectivity index (χ1n) is 12.2. The monoisotopic (exact) mass is 512 g/mol. The Kier molecular flexibility index (Phi) is 6.94. The number of carbonyl (C=O) groups is 2. The fraction of sp³-hybridized carbons (Fsp3) is 0.214. The Morgan fingerprint density at radius 1 is 0.842 bits per heavy atom. The summed E-state index contributed by atoms with van der Waals surface area (Å²) in [6, 6.07) is 19.4. The van der Waals surface area contributed by atoms with E-state index in [0.29, 0.717) is 77.2 Å². The van der Waals surface area contributed by atoms with Crippen molar-refractivity contribution in [2.24, 2.45) is 0 Å². The molecule has 1 aliphatic heterocycles.